The molecule has 14 heavy (non-hydrogen) atoms. The Bertz CT molecular complexity index is 153. The minimum absolute atomic E-state index is 0.0828. The Balaban J connectivity index is 3.67. The highest BCUT2D eigenvalue weighted by Crippen LogP contribution is 2.33. The lowest BCUT2D eigenvalue weighted by Gasteiger charge is -2.22. The fourth-order valence-electron chi connectivity index (χ4n) is 0.760. The molecular formula is C9H15F4O. The van der Waals surface area contributed by atoms with Gasteiger partial charge in [-0.1, -0.05) is 19.8 Å². The van der Waals surface area contributed by atoms with Gasteiger partial charge >= 0.3 is 11.8 Å². The van der Waals surface area contributed by atoms with Gasteiger partial charge in [0.25, 0.3) is 0 Å². The Morgan fingerprint density at radius 2 is 1.71 bits per heavy atom. The molecule has 0 rings (SSSR count). The van der Waals surface area contributed by atoms with Crippen LogP contribution in [-0.2, 0) is 4.74 Å². The third kappa shape index (κ3) is 4.79. The zero-order chi connectivity index (χ0) is 11.2. The van der Waals surface area contributed by atoms with Crippen molar-refractivity contribution >= 4 is 0 Å². The second-order valence-corrected chi connectivity index (χ2v) is 3.17. The quantitative estimate of drug-likeness (QED) is 0.467. The van der Waals surface area contributed by atoms with Crippen molar-refractivity contribution in [1.29, 1.82) is 0 Å². The summed E-state index contributed by atoms with van der Waals surface area (Å²) < 4.78 is 53.7. The Morgan fingerprint density at radius 1 is 1.14 bits per heavy atom. The summed E-state index contributed by atoms with van der Waals surface area (Å²) in [4.78, 5) is 0. The molecule has 0 aliphatic rings. The monoisotopic (exact) mass is 215 g/mol. The molecule has 0 aromatic heterocycles. The second kappa shape index (κ2) is 5.53. The van der Waals surface area contributed by atoms with E-state index in [4.69, 9.17) is 0 Å². The molecular weight excluding hydrogens is 200 g/mol. The van der Waals surface area contributed by atoms with E-state index in [0.29, 0.717) is 6.42 Å². The van der Waals surface area contributed by atoms with Crippen LogP contribution in [0, 0.1) is 6.92 Å². The third-order valence-electron chi connectivity index (χ3n) is 1.71. The minimum Gasteiger partial charge on any atom is -0.375 e. The number of hydrogen-bond donors (Lipinski definition) is 0. The maximum Gasteiger partial charge on any atom is 0.332 e. The van der Waals surface area contributed by atoms with Gasteiger partial charge in [0.15, 0.2) is 0 Å². The maximum absolute atomic E-state index is 12.5. The first-order valence-electron chi connectivity index (χ1n) is 4.50. The van der Waals surface area contributed by atoms with Crippen molar-refractivity contribution in [2.24, 2.45) is 0 Å². The largest absolute Gasteiger partial charge is 0.375 e. The molecule has 0 unspecified atom stereocenters. The summed E-state index contributed by atoms with van der Waals surface area (Å²) >= 11 is 0. The highest BCUT2D eigenvalue weighted by molar-refractivity contribution is 4.86. The number of unbranched alkanes of at least 4 members (excludes halogenated alkanes) is 2. The van der Waals surface area contributed by atoms with Gasteiger partial charge in [-0.3, -0.25) is 0 Å². The molecule has 1 nitrogen and oxygen atoms in total. The van der Waals surface area contributed by atoms with Crippen molar-refractivity contribution in [3.63, 3.8) is 0 Å². The highest BCUT2D eigenvalue weighted by Gasteiger charge is 2.52. The summed E-state index contributed by atoms with van der Waals surface area (Å²) in [7, 11) is 0. The van der Waals surface area contributed by atoms with Gasteiger partial charge in [0.1, 0.15) is 6.61 Å². The number of alkyl halides is 4. The summed E-state index contributed by atoms with van der Waals surface area (Å²) in [6.45, 7) is 2.85. The Morgan fingerprint density at radius 3 is 2.14 bits per heavy atom. The molecule has 0 aromatic carbocycles. The van der Waals surface area contributed by atoms with Gasteiger partial charge < -0.3 is 4.74 Å². The van der Waals surface area contributed by atoms with Gasteiger partial charge in [-0.2, -0.15) is 17.6 Å². The van der Waals surface area contributed by atoms with Crippen LogP contribution < -0.4 is 0 Å². The molecule has 0 heterocycles. The van der Waals surface area contributed by atoms with E-state index >= 15 is 0 Å². The van der Waals surface area contributed by atoms with Crippen molar-refractivity contribution < 1.29 is 22.3 Å². The second-order valence-electron chi connectivity index (χ2n) is 3.17. The Hall–Kier alpha value is -0.320. The van der Waals surface area contributed by atoms with Crippen LogP contribution >= 0.6 is 0 Å². The van der Waals surface area contributed by atoms with Gasteiger partial charge in [-0.15, -0.1) is 0 Å². The van der Waals surface area contributed by atoms with Crippen LogP contribution in [0.25, 0.3) is 0 Å². The molecule has 5 heteroatoms. The van der Waals surface area contributed by atoms with Gasteiger partial charge in [0.05, 0.1) is 0 Å². The fraction of sp³-hybridized carbons (Fsp3) is 0.889. The molecule has 0 bridgehead atoms. The number of ether oxygens (including phenoxy) is 1. The Labute approximate surface area is 81.4 Å². The van der Waals surface area contributed by atoms with Crippen LogP contribution in [0.2, 0.25) is 0 Å². The summed E-state index contributed by atoms with van der Waals surface area (Å²) in [5.41, 5.74) is 0. The first-order valence-corrected chi connectivity index (χ1v) is 4.50. The highest BCUT2D eigenvalue weighted by atomic mass is 19.3. The van der Waals surface area contributed by atoms with Crippen LogP contribution in [0.15, 0.2) is 0 Å². The average molecular weight is 215 g/mol. The van der Waals surface area contributed by atoms with Crippen molar-refractivity contribution in [1.82, 2.24) is 0 Å². The van der Waals surface area contributed by atoms with E-state index in [0.717, 1.165) is 12.8 Å². The molecule has 1 radical (unpaired) electrons. The lowest BCUT2D eigenvalue weighted by atomic mass is 10.2. The van der Waals surface area contributed by atoms with E-state index in [2.05, 4.69) is 11.7 Å². The topological polar surface area (TPSA) is 9.23 Å². The summed E-state index contributed by atoms with van der Waals surface area (Å²) in [5, 5.41) is 0. The molecule has 85 valence electrons. The smallest absolute Gasteiger partial charge is 0.332 e. The van der Waals surface area contributed by atoms with Crippen molar-refractivity contribution in [2.45, 2.75) is 38.0 Å². The molecule has 0 saturated heterocycles. The third-order valence-corrected chi connectivity index (χ3v) is 1.71. The predicted molar refractivity (Wildman–Crippen MR) is 45.6 cm³/mol. The molecule has 0 fully saturated rings. The standard InChI is InChI=1S/C9H15F4O/c1-3-4-5-6-14-7-9(12,13)8(2,10)11/h2-7H2,1H3. The van der Waals surface area contributed by atoms with E-state index in [-0.39, 0.29) is 6.61 Å². The Kier molecular flexibility index (Phi) is 5.41. The molecule has 0 N–H and O–H groups in total. The molecule has 0 aromatic rings. The SMILES string of the molecule is [CH2]C(F)(F)C(F)(F)COCCCCC. The van der Waals surface area contributed by atoms with Crippen molar-refractivity contribution in [2.75, 3.05) is 13.2 Å². The van der Waals surface area contributed by atoms with E-state index in [1.165, 1.54) is 0 Å². The molecule has 0 amide bonds. The van der Waals surface area contributed by atoms with Crippen molar-refractivity contribution in [3.8, 4) is 0 Å². The minimum atomic E-state index is -4.27. The summed E-state index contributed by atoms with van der Waals surface area (Å²) in [6, 6.07) is 0. The zero-order valence-corrected chi connectivity index (χ0v) is 8.16. The van der Waals surface area contributed by atoms with Crippen LogP contribution in [0.4, 0.5) is 17.6 Å². The van der Waals surface area contributed by atoms with Crippen LogP contribution in [0.3, 0.4) is 0 Å². The van der Waals surface area contributed by atoms with E-state index in [9.17, 15) is 17.6 Å². The first-order chi connectivity index (χ1) is 6.31. The van der Waals surface area contributed by atoms with Crippen LogP contribution in [-0.4, -0.2) is 25.1 Å². The number of halogens is 4. The van der Waals surface area contributed by atoms with Crippen LogP contribution in [0.1, 0.15) is 26.2 Å². The summed E-state index contributed by atoms with van der Waals surface area (Å²) in [6.07, 6.45) is 2.37. The fourth-order valence-corrected chi connectivity index (χ4v) is 0.760. The van der Waals surface area contributed by atoms with E-state index in [1.54, 1.807) is 0 Å². The summed E-state index contributed by atoms with van der Waals surface area (Å²) in [5.74, 6) is -8.45. The van der Waals surface area contributed by atoms with E-state index < -0.39 is 18.5 Å². The van der Waals surface area contributed by atoms with E-state index in [1.807, 2.05) is 6.92 Å². The zero-order valence-electron chi connectivity index (χ0n) is 8.16. The molecule has 0 spiro atoms. The van der Waals surface area contributed by atoms with Gasteiger partial charge in [0.2, 0.25) is 0 Å². The predicted octanol–water partition coefficient (Wildman–Crippen LogP) is 3.30. The molecule has 0 aliphatic heterocycles. The van der Waals surface area contributed by atoms with Crippen molar-refractivity contribution in [3.05, 3.63) is 6.92 Å². The molecule has 0 saturated carbocycles. The molecule has 0 atom stereocenters. The van der Waals surface area contributed by atoms with Gasteiger partial charge in [-0.05, 0) is 6.42 Å². The number of hydrogen-bond acceptors (Lipinski definition) is 1. The van der Waals surface area contributed by atoms with Gasteiger partial charge in [-0.25, -0.2) is 0 Å². The van der Waals surface area contributed by atoms with Gasteiger partial charge in [0, 0.05) is 13.5 Å². The maximum atomic E-state index is 12.5. The van der Waals surface area contributed by atoms with Crippen LogP contribution in [0.5, 0.6) is 0 Å². The molecule has 0 aliphatic carbocycles. The number of rotatable bonds is 7. The average Bonchev–Trinajstić information content (AvgIpc) is 2.02. The lowest BCUT2D eigenvalue weighted by molar-refractivity contribution is -0.209. The lowest BCUT2D eigenvalue weighted by Crippen LogP contribution is -2.42. The first kappa shape index (κ1) is 13.7. The normalized spacial score (nSPS) is 13.3.